The quantitative estimate of drug-likeness (QED) is 0.926. The van der Waals surface area contributed by atoms with Gasteiger partial charge in [-0.2, -0.15) is 0 Å². The van der Waals surface area contributed by atoms with E-state index in [0.717, 1.165) is 11.8 Å². The highest BCUT2D eigenvalue weighted by Crippen LogP contribution is 2.16. The highest BCUT2D eigenvalue weighted by atomic mass is 32.2. The van der Waals surface area contributed by atoms with Crippen molar-refractivity contribution in [2.75, 3.05) is 12.0 Å². The largest absolute Gasteiger partial charge is 0.444 e. The smallest absolute Gasteiger partial charge is 0.408 e. The molecule has 6 heteroatoms. The van der Waals surface area contributed by atoms with Crippen LogP contribution in [0.3, 0.4) is 0 Å². The van der Waals surface area contributed by atoms with Crippen LogP contribution in [0.2, 0.25) is 0 Å². The molecule has 0 heterocycles. The standard InChI is InChI=1S/C14H21NO4S/c1-14(2,3)19-13(16)15-12(10-20(4,17)18)11-8-6-5-7-9-11/h5-9,12H,10H2,1-4H3,(H,15,16). The van der Waals surface area contributed by atoms with Crippen LogP contribution in [0.1, 0.15) is 32.4 Å². The Morgan fingerprint density at radius 1 is 1.25 bits per heavy atom. The van der Waals surface area contributed by atoms with Crippen LogP contribution in [-0.4, -0.2) is 32.1 Å². The maximum atomic E-state index is 11.8. The molecule has 1 aromatic carbocycles. The van der Waals surface area contributed by atoms with Crippen molar-refractivity contribution in [3.8, 4) is 0 Å². The minimum Gasteiger partial charge on any atom is -0.444 e. The van der Waals surface area contributed by atoms with E-state index in [2.05, 4.69) is 5.32 Å². The summed E-state index contributed by atoms with van der Waals surface area (Å²) in [5.74, 6) is -0.170. The maximum absolute atomic E-state index is 11.8. The number of hydrogen-bond donors (Lipinski definition) is 1. The van der Waals surface area contributed by atoms with Crippen molar-refractivity contribution in [3.05, 3.63) is 35.9 Å². The zero-order valence-corrected chi connectivity index (χ0v) is 13.0. The summed E-state index contributed by atoms with van der Waals surface area (Å²) >= 11 is 0. The zero-order chi connectivity index (χ0) is 15.4. The van der Waals surface area contributed by atoms with Gasteiger partial charge in [0.2, 0.25) is 0 Å². The molecule has 0 aliphatic heterocycles. The molecule has 0 saturated heterocycles. The Hall–Kier alpha value is -1.56. The number of hydrogen-bond acceptors (Lipinski definition) is 4. The highest BCUT2D eigenvalue weighted by molar-refractivity contribution is 7.90. The predicted octanol–water partition coefficient (Wildman–Crippen LogP) is 2.30. The number of amides is 1. The molecular weight excluding hydrogens is 278 g/mol. The van der Waals surface area contributed by atoms with Crippen molar-refractivity contribution in [2.24, 2.45) is 0 Å². The van der Waals surface area contributed by atoms with Gasteiger partial charge in [-0.15, -0.1) is 0 Å². The van der Waals surface area contributed by atoms with Gasteiger partial charge in [0.05, 0.1) is 11.8 Å². The van der Waals surface area contributed by atoms with Crippen LogP contribution in [0, 0.1) is 0 Å². The van der Waals surface area contributed by atoms with E-state index in [1.54, 1.807) is 45.0 Å². The van der Waals surface area contributed by atoms with Crippen molar-refractivity contribution in [3.63, 3.8) is 0 Å². The number of nitrogens with one attached hydrogen (secondary N) is 1. The fourth-order valence-corrected chi connectivity index (χ4v) is 2.54. The van der Waals surface area contributed by atoms with E-state index < -0.39 is 27.6 Å². The summed E-state index contributed by atoms with van der Waals surface area (Å²) in [7, 11) is -3.23. The monoisotopic (exact) mass is 299 g/mol. The molecule has 1 unspecified atom stereocenters. The molecule has 1 aromatic rings. The molecule has 1 atom stereocenters. The van der Waals surface area contributed by atoms with E-state index in [1.807, 2.05) is 6.07 Å². The third-order valence-corrected chi connectivity index (χ3v) is 3.30. The molecule has 5 nitrogen and oxygen atoms in total. The molecule has 0 radical (unpaired) electrons. The summed E-state index contributed by atoms with van der Waals surface area (Å²) in [4.78, 5) is 11.8. The van der Waals surface area contributed by atoms with E-state index in [-0.39, 0.29) is 5.75 Å². The van der Waals surface area contributed by atoms with Crippen LogP contribution in [0.4, 0.5) is 4.79 Å². The van der Waals surface area contributed by atoms with Crippen LogP contribution in [-0.2, 0) is 14.6 Å². The third-order valence-electron chi connectivity index (χ3n) is 2.36. The minimum atomic E-state index is -3.23. The number of alkyl carbamates (subject to hydrolysis) is 1. The van der Waals surface area contributed by atoms with Gasteiger partial charge in [0.1, 0.15) is 15.4 Å². The first-order valence-corrected chi connectivity index (χ1v) is 8.35. The van der Waals surface area contributed by atoms with Gasteiger partial charge in [-0.1, -0.05) is 30.3 Å². The third kappa shape index (κ3) is 6.56. The summed E-state index contributed by atoms with van der Waals surface area (Å²) in [6, 6.07) is 8.33. The number of rotatable bonds is 4. The van der Waals surface area contributed by atoms with Gasteiger partial charge in [-0.05, 0) is 26.3 Å². The van der Waals surface area contributed by atoms with Crippen molar-refractivity contribution in [2.45, 2.75) is 32.4 Å². The SMILES string of the molecule is CC(C)(C)OC(=O)NC(CS(C)(=O)=O)c1ccccc1. The lowest BCUT2D eigenvalue weighted by molar-refractivity contribution is 0.0509. The van der Waals surface area contributed by atoms with Gasteiger partial charge < -0.3 is 10.1 Å². The molecule has 20 heavy (non-hydrogen) atoms. The number of sulfone groups is 1. The summed E-state index contributed by atoms with van der Waals surface area (Å²) in [6.07, 6.45) is 0.509. The second-order valence-electron chi connectivity index (χ2n) is 5.70. The summed E-state index contributed by atoms with van der Waals surface area (Å²) in [5, 5.41) is 2.61. The van der Waals surface area contributed by atoms with Gasteiger partial charge in [0, 0.05) is 6.26 Å². The molecule has 0 fully saturated rings. The Balaban J connectivity index is 2.87. The van der Waals surface area contributed by atoms with Crippen molar-refractivity contribution < 1.29 is 17.9 Å². The average molecular weight is 299 g/mol. The molecule has 1 rings (SSSR count). The number of benzene rings is 1. The number of ether oxygens (including phenoxy) is 1. The first-order chi connectivity index (χ1) is 9.07. The Kier molecular flexibility index (Phi) is 5.16. The first kappa shape index (κ1) is 16.5. The molecule has 1 amide bonds. The first-order valence-electron chi connectivity index (χ1n) is 6.29. The Morgan fingerprint density at radius 3 is 2.25 bits per heavy atom. The van der Waals surface area contributed by atoms with Gasteiger partial charge in [0.25, 0.3) is 0 Å². The molecule has 0 aliphatic rings. The molecule has 0 saturated carbocycles. The average Bonchev–Trinajstić information content (AvgIpc) is 2.25. The fraction of sp³-hybridized carbons (Fsp3) is 0.500. The number of carbonyl (C=O) groups is 1. The summed E-state index contributed by atoms with van der Waals surface area (Å²) in [6.45, 7) is 5.25. The van der Waals surface area contributed by atoms with Gasteiger partial charge in [-0.3, -0.25) is 0 Å². The van der Waals surface area contributed by atoms with E-state index in [9.17, 15) is 13.2 Å². The topological polar surface area (TPSA) is 72.5 Å². The van der Waals surface area contributed by atoms with Crippen LogP contribution >= 0.6 is 0 Å². The van der Waals surface area contributed by atoms with Crippen LogP contribution in [0.15, 0.2) is 30.3 Å². The Morgan fingerprint density at radius 2 is 1.80 bits per heavy atom. The summed E-state index contributed by atoms with van der Waals surface area (Å²) in [5.41, 5.74) is 0.0972. The molecule has 0 aliphatic carbocycles. The lowest BCUT2D eigenvalue weighted by Crippen LogP contribution is -2.37. The summed E-state index contributed by atoms with van der Waals surface area (Å²) < 4.78 is 28.1. The van der Waals surface area contributed by atoms with Crippen molar-refractivity contribution >= 4 is 15.9 Å². The van der Waals surface area contributed by atoms with Crippen LogP contribution < -0.4 is 5.32 Å². The molecule has 112 valence electrons. The lowest BCUT2D eigenvalue weighted by Gasteiger charge is -2.23. The minimum absolute atomic E-state index is 0.170. The van der Waals surface area contributed by atoms with E-state index >= 15 is 0 Å². The van der Waals surface area contributed by atoms with Gasteiger partial charge in [-0.25, -0.2) is 13.2 Å². The number of carbonyl (C=O) groups excluding carboxylic acids is 1. The Labute approximate surface area is 120 Å². The molecule has 0 bridgehead atoms. The molecule has 0 aromatic heterocycles. The van der Waals surface area contributed by atoms with E-state index in [1.165, 1.54) is 0 Å². The highest BCUT2D eigenvalue weighted by Gasteiger charge is 2.23. The Bertz CT molecular complexity index is 546. The predicted molar refractivity (Wildman–Crippen MR) is 78.3 cm³/mol. The van der Waals surface area contributed by atoms with E-state index in [0.29, 0.717) is 0 Å². The second-order valence-corrected chi connectivity index (χ2v) is 7.89. The maximum Gasteiger partial charge on any atom is 0.408 e. The fourth-order valence-electron chi connectivity index (χ4n) is 1.66. The molecule has 0 spiro atoms. The zero-order valence-electron chi connectivity index (χ0n) is 12.2. The van der Waals surface area contributed by atoms with Crippen LogP contribution in [0.5, 0.6) is 0 Å². The normalized spacial score (nSPS) is 13.6. The van der Waals surface area contributed by atoms with Crippen molar-refractivity contribution in [1.29, 1.82) is 0 Å². The van der Waals surface area contributed by atoms with Crippen LogP contribution in [0.25, 0.3) is 0 Å². The van der Waals surface area contributed by atoms with Gasteiger partial charge in [0.15, 0.2) is 0 Å². The second kappa shape index (κ2) is 6.26. The lowest BCUT2D eigenvalue weighted by atomic mass is 10.1. The van der Waals surface area contributed by atoms with Gasteiger partial charge >= 0.3 is 6.09 Å². The van der Waals surface area contributed by atoms with Crippen molar-refractivity contribution in [1.82, 2.24) is 5.32 Å². The molecule has 1 N–H and O–H groups in total. The van der Waals surface area contributed by atoms with E-state index in [4.69, 9.17) is 4.74 Å². The molecular formula is C14H21NO4S.